The van der Waals surface area contributed by atoms with Crippen LogP contribution >= 0.6 is 0 Å². The number of hydrogen-bond donors (Lipinski definition) is 0. The zero-order valence-electron chi connectivity index (χ0n) is 10.1. The second-order valence-corrected chi connectivity index (χ2v) is 3.45. The molecule has 0 amide bonds. The molecule has 0 saturated heterocycles. The largest absolute Gasteiger partial charge is 1.00 e. The second-order valence-electron chi connectivity index (χ2n) is 3.45. The van der Waals surface area contributed by atoms with Gasteiger partial charge in [0.15, 0.2) is 0 Å². The molecule has 6 heteroatoms. The average Bonchev–Trinajstić information content (AvgIpc) is 1.97. The van der Waals surface area contributed by atoms with Gasteiger partial charge in [-0.1, -0.05) is 27.2 Å². The van der Waals surface area contributed by atoms with E-state index < -0.39 is 23.3 Å². The van der Waals surface area contributed by atoms with E-state index in [0.29, 0.717) is 6.42 Å². The van der Waals surface area contributed by atoms with E-state index in [-0.39, 0.29) is 44.1 Å². The molecule has 0 unspecified atom stereocenters. The second kappa shape index (κ2) is 8.31. The Morgan fingerprint density at radius 2 is 1.47 bits per heavy atom. The summed E-state index contributed by atoms with van der Waals surface area (Å²) in [6.45, 7) is 4.81. The maximum absolute atomic E-state index is 10.8. The van der Waals surface area contributed by atoms with E-state index in [1.165, 1.54) is 0 Å². The van der Waals surface area contributed by atoms with E-state index in [4.69, 9.17) is 0 Å². The van der Waals surface area contributed by atoms with Gasteiger partial charge in [0.05, 0.1) is 17.4 Å². The van der Waals surface area contributed by atoms with Gasteiger partial charge in [-0.25, -0.2) is 0 Å². The summed E-state index contributed by atoms with van der Waals surface area (Å²) in [5.41, 5.74) is -1.84. The van der Waals surface area contributed by atoms with Crippen LogP contribution in [0.15, 0.2) is 0 Å². The number of hydrogen-bond acceptors (Lipinski definition) is 4. The minimum atomic E-state index is -1.84. The molecule has 0 spiro atoms. The molecule has 15 heavy (non-hydrogen) atoms. The first-order valence-corrected chi connectivity index (χ1v) is 4.32. The first-order valence-electron chi connectivity index (χ1n) is 4.32. The van der Waals surface area contributed by atoms with Gasteiger partial charge >= 0.3 is 37.7 Å². The fourth-order valence-electron chi connectivity index (χ4n) is 1.44. The van der Waals surface area contributed by atoms with Crippen molar-refractivity contribution in [3.8, 4) is 0 Å². The van der Waals surface area contributed by atoms with Crippen molar-refractivity contribution in [2.75, 3.05) is 0 Å². The molecule has 0 aliphatic heterocycles. The summed E-state index contributed by atoms with van der Waals surface area (Å²) >= 11 is 0. The standard InChI is InChI=1S/C9H16O4.2Li/c1-4-5-9(6(2)3,7(10)11)8(12)13;;/h6H,4-5H2,1-3H3,(H,10,11)(H,12,13);;/q;2*+1/p-2. The molecule has 0 rings (SSSR count). The Morgan fingerprint density at radius 3 is 1.53 bits per heavy atom. The first-order chi connectivity index (χ1) is 5.89. The van der Waals surface area contributed by atoms with Crippen LogP contribution in [0, 0.1) is 11.3 Å². The van der Waals surface area contributed by atoms with E-state index in [1.807, 2.05) is 0 Å². The maximum atomic E-state index is 10.8. The minimum Gasteiger partial charge on any atom is -0.549 e. The average molecular weight is 200 g/mol. The summed E-state index contributed by atoms with van der Waals surface area (Å²) in [5, 5.41) is 21.5. The monoisotopic (exact) mass is 200 g/mol. The van der Waals surface area contributed by atoms with Crippen molar-refractivity contribution in [2.24, 2.45) is 11.3 Å². The fraction of sp³-hybridized carbons (Fsp3) is 0.778. The Bertz CT molecular complexity index is 202. The number of carbonyl (C=O) groups is 2. The molecule has 0 aromatic carbocycles. The van der Waals surface area contributed by atoms with Crippen molar-refractivity contribution < 1.29 is 57.5 Å². The van der Waals surface area contributed by atoms with Crippen molar-refractivity contribution in [3.63, 3.8) is 0 Å². The molecular formula is C9H14Li2O4. The fourth-order valence-corrected chi connectivity index (χ4v) is 1.44. The van der Waals surface area contributed by atoms with Crippen molar-refractivity contribution in [3.05, 3.63) is 0 Å². The number of carbonyl (C=O) groups excluding carboxylic acids is 2. The van der Waals surface area contributed by atoms with Gasteiger partial charge < -0.3 is 19.8 Å². The summed E-state index contributed by atoms with van der Waals surface area (Å²) in [6.07, 6.45) is 0.523. The van der Waals surface area contributed by atoms with Gasteiger partial charge in [-0.2, -0.15) is 0 Å². The normalized spacial score (nSPS) is 10.1. The molecule has 0 N–H and O–H groups in total. The van der Waals surface area contributed by atoms with Gasteiger partial charge in [0, 0.05) is 0 Å². The molecule has 0 heterocycles. The summed E-state index contributed by atoms with van der Waals surface area (Å²) in [4.78, 5) is 21.5. The molecule has 0 aliphatic carbocycles. The van der Waals surface area contributed by atoms with Crippen LogP contribution in [-0.4, -0.2) is 11.9 Å². The third-order valence-corrected chi connectivity index (χ3v) is 2.36. The summed E-state index contributed by atoms with van der Waals surface area (Å²) in [7, 11) is 0. The molecule has 0 aliphatic rings. The number of carboxylic acids is 2. The third kappa shape index (κ3) is 4.25. The Hall–Kier alpha value is 0.135. The van der Waals surface area contributed by atoms with Crippen LogP contribution < -0.4 is 47.9 Å². The predicted molar refractivity (Wildman–Crippen MR) is 42.2 cm³/mol. The smallest absolute Gasteiger partial charge is 0.549 e. The minimum absolute atomic E-state index is 0. The van der Waals surface area contributed by atoms with Gasteiger partial charge in [-0.05, 0) is 12.3 Å². The predicted octanol–water partition coefficient (Wildman–Crippen LogP) is -7.06. The van der Waals surface area contributed by atoms with E-state index in [2.05, 4.69) is 0 Å². The quantitative estimate of drug-likeness (QED) is 0.326. The first kappa shape index (κ1) is 20.5. The van der Waals surface area contributed by atoms with E-state index >= 15 is 0 Å². The molecule has 0 bridgehead atoms. The topological polar surface area (TPSA) is 80.3 Å². The van der Waals surface area contributed by atoms with Crippen molar-refractivity contribution >= 4 is 11.9 Å². The van der Waals surface area contributed by atoms with E-state index in [9.17, 15) is 19.8 Å². The Morgan fingerprint density at radius 1 is 1.13 bits per heavy atom. The van der Waals surface area contributed by atoms with Gasteiger partial charge in [-0.3, -0.25) is 0 Å². The van der Waals surface area contributed by atoms with Crippen LogP contribution in [0.3, 0.4) is 0 Å². The Labute approximate surface area is 114 Å². The van der Waals surface area contributed by atoms with Crippen molar-refractivity contribution in [2.45, 2.75) is 33.6 Å². The molecule has 0 fully saturated rings. The van der Waals surface area contributed by atoms with Gasteiger partial charge in [0.1, 0.15) is 0 Å². The Balaban J connectivity index is -0.000000720. The number of aliphatic carboxylic acids is 2. The number of carboxylic acid groups (broad SMARTS) is 2. The van der Waals surface area contributed by atoms with E-state index in [1.54, 1.807) is 20.8 Å². The van der Waals surface area contributed by atoms with Crippen LogP contribution in [0.2, 0.25) is 0 Å². The van der Waals surface area contributed by atoms with E-state index in [0.717, 1.165) is 0 Å². The summed E-state index contributed by atoms with van der Waals surface area (Å²) in [6, 6.07) is 0. The third-order valence-electron chi connectivity index (χ3n) is 2.36. The summed E-state index contributed by atoms with van der Waals surface area (Å²) in [5.74, 6) is -3.63. The molecule has 0 saturated carbocycles. The van der Waals surface area contributed by atoms with Crippen LogP contribution in [0.4, 0.5) is 0 Å². The van der Waals surface area contributed by atoms with Gasteiger partial charge in [-0.15, -0.1) is 0 Å². The van der Waals surface area contributed by atoms with Crippen molar-refractivity contribution in [1.82, 2.24) is 0 Å². The molecule has 0 radical (unpaired) electrons. The molecule has 0 aromatic heterocycles. The van der Waals surface area contributed by atoms with Gasteiger partial charge in [0.25, 0.3) is 0 Å². The SMILES string of the molecule is CCCC(C(=O)[O-])(C(=O)[O-])C(C)C.[Li+].[Li+]. The maximum Gasteiger partial charge on any atom is 1.00 e. The van der Waals surface area contributed by atoms with Gasteiger partial charge in [0.2, 0.25) is 0 Å². The molecule has 76 valence electrons. The van der Waals surface area contributed by atoms with Crippen LogP contribution in [0.5, 0.6) is 0 Å². The summed E-state index contributed by atoms with van der Waals surface area (Å²) < 4.78 is 0. The molecular weight excluding hydrogens is 186 g/mol. The Kier molecular flexibility index (Phi) is 11.4. The van der Waals surface area contributed by atoms with Crippen LogP contribution in [-0.2, 0) is 9.59 Å². The zero-order valence-corrected chi connectivity index (χ0v) is 10.1. The molecule has 4 nitrogen and oxygen atoms in total. The van der Waals surface area contributed by atoms with Crippen LogP contribution in [0.1, 0.15) is 33.6 Å². The zero-order chi connectivity index (χ0) is 10.6. The number of rotatable bonds is 5. The molecule has 0 aromatic rings. The van der Waals surface area contributed by atoms with Crippen molar-refractivity contribution in [1.29, 1.82) is 0 Å². The molecule has 0 atom stereocenters. The van der Waals surface area contributed by atoms with Crippen LogP contribution in [0.25, 0.3) is 0 Å².